The maximum atomic E-state index is 13.9. The van der Waals surface area contributed by atoms with Crippen LogP contribution >= 0.6 is 0 Å². The van der Waals surface area contributed by atoms with Crippen molar-refractivity contribution in [3.05, 3.63) is 23.6 Å². The van der Waals surface area contributed by atoms with Crippen LogP contribution in [-0.4, -0.2) is 23.5 Å². The second kappa shape index (κ2) is 4.92. The molecule has 98 valence electrons. The van der Waals surface area contributed by atoms with Crippen LogP contribution in [0.2, 0.25) is 0 Å². The molecule has 1 aromatic rings. The van der Waals surface area contributed by atoms with E-state index in [2.05, 4.69) is 15.6 Å². The Bertz CT molecular complexity index is 452. The average molecular weight is 251 g/mol. The number of hydrogen-bond donors (Lipinski definition) is 2. The molecule has 2 rings (SSSR count). The molecule has 0 unspecified atom stereocenters. The number of nitrogens with zero attached hydrogens (tertiary/aromatic N) is 1. The number of nitrogens with one attached hydrogen (secondary N) is 2. The summed E-state index contributed by atoms with van der Waals surface area (Å²) in [7, 11) is 1.58. The van der Waals surface area contributed by atoms with Crippen LogP contribution in [0, 0.1) is 5.82 Å². The van der Waals surface area contributed by atoms with Gasteiger partial charge < -0.3 is 10.6 Å². The fourth-order valence-electron chi connectivity index (χ4n) is 2.27. The Morgan fingerprint density at radius 3 is 2.78 bits per heavy atom. The molecule has 0 radical (unpaired) electrons. The van der Waals surface area contributed by atoms with Crippen molar-refractivity contribution in [3.8, 4) is 0 Å². The van der Waals surface area contributed by atoms with E-state index >= 15 is 0 Å². The average Bonchev–Trinajstić information content (AvgIpc) is 2.34. The van der Waals surface area contributed by atoms with Crippen molar-refractivity contribution in [2.24, 2.45) is 0 Å². The zero-order chi connectivity index (χ0) is 13.2. The molecule has 4 nitrogen and oxygen atoms in total. The summed E-state index contributed by atoms with van der Waals surface area (Å²) in [4.78, 5) is 15.9. The number of rotatable bonds is 4. The van der Waals surface area contributed by atoms with Gasteiger partial charge in [-0.3, -0.25) is 4.79 Å². The van der Waals surface area contributed by atoms with Crippen molar-refractivity contribution in [1.29, 1.82) is 0 Å². The van der Waals surface area contributed by atoms with Gasteiger partial charge in [-0.15, -0.1) is 0 Å². The molecule has 1 amide bonds. The highest BCUT2D eigenvalue weighted by atomic mass is 19.1. The first kappa shape index (κ1) is 12.8. The summed E-state index contributed by atoms with van der Waals surface area (Å²) >= 11 is 0. The Balaban J connectivity index is 2.19. The molecule has 0 atom stereocenters. The maximum Gasteiger partial charge on any atom is 0.254 e. The van der Waals surface area contributed by atoms with Crippen molar-refractivity contribution < 1.29 is 9.18 Å². The SMILES string of the molecule is CCC1(NC(=O)c2ccnc(NC)c2F)CCC1. The highest BCUT2D eigenvalue weighted by molar-refractivity contribution is 5.95. The van der Waals surface area contributed by atoms with E-state index in [4.69, 9.17) is 0 Å². The number of halogens is 1. The minimum Gasteiger partial charge on any atom is -0.371 e. The van der Waals surface area contributed by atoms with Crippen LogP contribution in [0.3, 0.4) is 0 Å². The fraction of sp³-hybridized carbons (Fsp3) is 0.538. The predicted molar refractivity (Wildman–Crippen MR) is 68.1 cm³/mol. The van der Waals surface area contributed by atoms with Crippen molar-refractivity contribution in [1.82, 2.24) is 10.3 Å². The lowest BCUT2D eigenvalue weighted by Gasteiger charge is -2.42. The summed E-state index contributed by atoms with van der Waals surface area (Å²) in [5, 5.41) is 5.58. The highest BCUT2D eigenvalue weighted by Gasteiger charge is 2.37. The quantitative estimate of drug-likeness (QED) is 0.863. The number of anilines is 1. The maximum absolute atomic E-state index is 13.9. The Hall–Kier alpha value is -1.65. The van der Waals surface area contributed by atoms with Gasteiger partial charge in [0, 0.05) is 18.8 Å². The first-order valence-corrected chi connectivity index (χ1v) is 6.26. The minimum absolute atomic E-state index is 0.0501. The monoisotopic (exact) mass is 251 g/mol. The van der Waals surface area contributed by atoms with Gasteiger partial charge in [-0.1, -0.05) is 6.92 Å². The third-order valence-corrected chi connectivity index (χ3v) is 3.74. The van der Waals surface area contributed by atoms with Crippen LogP contribution in [-0.2, 0) is 0 Å². The van der Waals surface area contributed by atoms with Gasteiger partial charge in [0.05, 0.1) is 5.56 Å². The summed E-state index contributed by atoms with van der Waals surface area (Å²) in [5.41, 5.74) is -0.0823. The molecule has 0 aromatic carbocycles. The van der Waals surface area contributed by atoms with Gasteiger partial charge in [-0.05, 0) is 31.7 Å². The molecule has 2 N–H and O–H groups in total. The third kappa shape index (κ3) is 2.17. The molecule has 0 bridgehead atoms. The van der Waals surface area contributed by atoms with Gasteiger partial charge in [0.25, 0.3) is 5.91 Å². The summed E-state index contributed by atoms with van der Waals surface area (Å²) in [6, 6.07) is 1.41. The largest absolute Gasteiger partial charge is 0.371 e. The molecule has 5 heteroatoms. The smallest absolute Gasteiger partial charge is 0.254 e. The van der Waals surface area contributed by atoms with Gasteiger partial charge in [0.1, 0.15) is 0 Å². The molecular formula is C13H18FN3O. The van der Waals surface area contributed by atoms with Gasteiger partial charge in [0.2, 0.25) is 0 Å². The van der Waals surface area contributed by atoms with E-state index in [9.17, 15) is 9.18 Å². The lowest BCUT2D eigenvalue weighted by Crippen LogP contribution is -2.53. The van der Waals surface area contributed by atoms with Crippen LogP contribution < -0.4 is 10.6 Å². The predicted octanol–water partition coefficient (Wildman–Crippen LogP) is 2.32. The summed E-state index contributed by atoms with van der Waals surface area (Å²) < 4.78 is 13.9. The molecule has 1 fully saturated rings. The van der Waals surface area contributed by atoms with Crippen molar-refractivity contribution in [3.63, 3.8) is 0 Å². The Morgan fingerprint density at radius 2 is 2.28 bits per heavy atom. The summed E-state index contributed by atoms with van der Waals surface area (Å²) in [6.45, 7) is 2.04. The van der Waals surface area contributed by atoms with E-state index in [0.29, 0.717) is 0 Å². The lowest BCUT2D eigenvalue weighted by molar-refractivity contribution is 0.0816. The third-order valence-electron chi connectivity index (χ3n) is 3.74. The molecule has 1 aromatic heterocycles. The lowest BCUT2D eigenvalue weighted by atomic mass is 9.74. The summed E-state index contributed by atoms with van der Waals surface area (Å²) in [6.07, 6.45) is 5.38. The number of pyridine rings is 1. The topological polar surface area (TPSA) is 54.0 Å². The molecule has 18 heavy (non-hydrogen) atoms. The van der Waals surface area contributed by atoms with Crippen molar-refractivity contribution in [2.45, 2.75) is 38.1 Å². The molecule has 0 spiro atoms. The van der Waals surface area contributed by atoms with Gasteiger partial charge in [0.15, 0.2) is 11.6 Å². The van der Waals surface area contributed by atoms with E-state index in [1.165, 1.54) is 12.3 Å². The molecule has 0 saturated heterocycles. The van der Waals surface area contributed by atoms with E-state index in [1.807, 2.05) is 6.92 Å². The van der Waals surface area contributed by atoms with Crippen LogP contribution in [0.1, 0.15) is 43.0 Å². The van der Waals surface area contributed by atoms with Crippen molar-refractivity contribution in [2.75, 3.05) is 12.4 Å². The molecule has 1 aliphatic rings. The van der Waals surface area contributed by atoms with E-state index in [1.54, 1.807) is 7.05 Å². The van der Waals surface area contributed by atoms with E-state index in [0.717, 1.165) is 25.7 Å². The van der Waals surface area contributed by atoms with E-state index in [-0.39, 0.29) is 22.8 Å². The summed E-state index contributed by atoms with van der Waals surface area (Å²) in [5.74, 6) is -0.849. The Kier molecular flexibility index (Phi) is 3.50. The Labute approximate surface area is 106 Å². The normalized spacial score (nSPS) is 16.8. The Morgan fingerprint density at radius 1 is 1.56 bits per heavy atom. The first-order valence-electron chi connectivity index (χ1n) is 6.26. The van der Waals surface area contributed by atoms with Crippen LogP contribution in [0.25, 0.3) is 0 Å². The first-order chi connectivity index (χ1) is 8.62. The van der Waals surface area contributed by atoms with E-state index < -0.39 is 5.82 Å². The van der Waals surface area contributed by atoms with Crippen LogP contribution in [0.4, 0.5) is 10.2 Å². The number of carbonyl (C=O) groups excluding carboxylic acids is 1. The fourth-order valence-corrected chi connectivity index (χ4v) is 2.27. The highest BCUT2D eigenvalue weighted by Crippen LogP contribution is 2.35. The molecule has 1 saturated carbocycles. The number of hydrogen-bond acceptors (Lipinski definition) is 3. The van der Waals surface area contributed by atoms with Gasteiger partial charge in [-0.2, -0.15) is 0 Å². The van der Waals surface area contributed by atoms with Gasteiger partial charge >= 0.3 is 0 Å². The molecule has 1 heterocycles. The number of amides is 1. The molecule has 0 aliphatic heterocycles. The second-order valence-corrected chi connectivity index (χ2v) is 4.71. The number of carbonyl (C=O) groups is 1. The second-order valence-electron chi connectivity index (χ2n) is 4.71. The van der Waals surface area contributed by atoms with Crippen LogP contribution in [0.15, 0.2) is 12.3 Å². The molecular weight excluding hydrogens is 233 g/mol. The zero-order valence-electron chi connectivity index (χ0n) is 10.7. The van der Waals surface area contributed by atoms with Gasteiger partial charge in [-0.25, -0.2) is 9.37 Å². The standard InChI is InChI=1S/C13H18FN3O/c1-3-13(6-4-7-13)17-12(18)9-5-8-16-11(15-2)10(9)14/h5,8H,3-4,6-7H2,1-2H3,(H,15,16)(H,17,18). The van der Waals surface area contributed by atoms with Crippen LogP contribution in [0.5, 0.6) is 0 Å². The minimum atomic E-state index is -0.594. The zero-order valence-corrected chi connectivity index (χ0v) is 10.7. The number of aromatic nitrogens is 1. The van der Waals surface area contributed by atoms with Crippen molar-refractivity contribution >= 4 is 11.7 Å². The molecule has 1 aliphatic carbocycles.